The fourth-order valence-electron chi connectivity index (χ4n) is 3.17. The van der Waals surface area contributed by atoms with Crippen LogP contribution in [-0.2, 0) is 0 Å². The number of hydrogen-bond donors (Lipinski definition) is 1. The molecular formula is C13H22N2O. The van der Waals surface area contributed by atoms with Gasteiger partial charge in [-0.3, -0.25) is 4.90 Å². The SMILES string of the molecule is C[C@H]1CCCC[C@@H]1CN1CC(O)(CC#N)C1. The molecule has 0 radical (unpaired) electrons. The molecule has 1 saturated carbocycles. The maximum absolute atomic E-state index is 9.91. The van der Waals surface area contributed by atoms with E-state index in [1.165, 1.54) is 25.7 Å². The first kappa shape index (κ1) is 11.9. The van der Waals surface area contributed by atoms with Crippen LogP contribution in [0.2, 0.25) is 0 Å². The minimum atomic E-state index is -0.702. The van der Waals surface area contributed by atoms with Gasteiger partial charge in [-0.1, -0.05) is 26.2 Å². The average Bonchev–Trinajstić information content (AvgIpc) is 2.19. The third-order valence-electron chi connectivity index (χ3n) is 4.23. The summed E-state index contributed by atoms with van der Waals surface area (Å²) < 4.78 is 0. The van der Waals surface area contributed by atoms with Crippen molar-refractivity contribution >= 4 is 0 Å². The molecule has 2 aliphatic rings. The molecule has 0 aromatic carbocycles. The molecule has 0 unspecified atom stereocenters. The quantitative estimate of drug-likeness (QED) is 0.791. The molecule has 16 heavy (non-hydrogen) atoms. The van der Waals surface area contributed by atoms with Gasteiger partial charge in [0, 0.05) is 19.6 Å². The van der Waals surface area contributed by atoms with E-state index < -0.39 is 5.60 Å². The molecule has 3 heteroatoms. The van der Waals surface area contributed by atoms with E-state index in [-0.39, 0.29) is 6.42 Å². The highest BCUT2D eigenvalue weighted by Crippen LogP contribution is 2.33. The highest BCUT2D eigenvalue weighted by Gasteiger charge is 2.41. The molecule has 90 valence electrons. The van der Waals surface area contributed by atoms with Crippen LogP contribution in [0, 0.1) is 23.2 Å². The molecule has 2 atom stereocenters. The number of rotatable bonds is 3. The molecule has 0 aromatic rings. The first-order valence-electron chi connectivity index (χ1n) is 6.45. The first-order valence-corrected chi connectivity index (χ1v) is 6.45. The summed E-state index contributed by atoms with van der Waals surface area (Å²) >= 11 is 0. The van der Waals surface area contributed by atoms with Crippen LogP contribution < -0.4 is 0 Å². The van der Waals surface area contributed by atoms with Crippen molar-refractivity contribution in [1.29, 1.82) is 5.26 Å². The lowest BCUT2D eigenvalue weighted by Crippen LogP contribution is -2.62. The van der Waals surface area contributed by atoms with Gasteiger partial charge >= 0.3 is 0 Å². The highest BCUT2D eigenvalue weighted by molar-refractivity contribution is 5.01. The molecule has 1 saturated heterocycles. The van der Waals surface area contributed by atoms with Crippen LogP contribution in [-0.4, -0.2) is 35.2 Å². The van der Waals surface area contributed by atoms with Crippen LogP contribution in [0.5, 0.6) is 0 Å². The Kier molecular flexibility index (Phi) is 3.51. The van der Waals surface area contributed by atoms with E-state index in [0.29, 0.717) is 13.1 Å². The zero-order chi connectivity index (χ0) is 11.6. The van der Waals surface area contributed by atoms with E-state index in [1.54, 1.807) is 0 Å². The lowest BCUT2D eigenvalue weighted by Gasteiger charge is -2.47. The second-order valence-electron chi connectivity index (χ2n) is 5.75. The van der Waals surface area contributed by atoms with Gasteiger partial charge in [-0.05, 0) is 18.3 Å². The third kappa shape index (κ3) is 2.56. The zero-order valence-corrected chi connectivity index (χ0v) is 10.2. The Hall–Kier alpha value is -0.590. The summed E-state index contributed by atoms with van der Waals surface area (Å²) in [6.07, 6.45) is 5.74. The van der Waals surface area contributed by atoms with Crippen LogP contribution in [0.3, 0.4) is 0 Å². The lowest BCUT2D eigenvalue weighted by atomic mass is 9.79. The van der Waals surface area contributed by atoms with Gasteiger partial charge in [-0.25, -0.2) is 0 Å². The summed E-state index contributed by atoms with van der Waals surface area (Å²) in [5, 5.41) is 18.5. The lowest BCUT2D eigenvalue weighted by molar-refractivity contribution is -0.102. The number of nitriles is 1. The van der Waals surface area contributed by atoms with Gasteiger partial charge in [0.15, 0.2) is 0 Å². The summed E-state index contributed by atoms with van der Waals surface area (Å²) in [5.41, 5.74) is -0.702. The molecule has 2 rings (SSSR count). The van der Waals surface area contributed by atoms with Crippen molar-refractivity contribution in [3.05, 3.63) is 0 Å². The molecule has 1 N–H and O–H groups in total. The summed E-state index contributed by atoms with van der Waals surface area (Å²) in [5.74, 6) is 1.64. The maximum Gasteiger partial charge on any atom is 0.103 e. The Bertz CT molecular complexity index is 278. The maximum atomic E-state index is 9.91. The second-order valence-corrected chi connectivity index (χ2v) is 5.75. The second kappa shape index (κ2) is 4.73. The van der Waals surface area contributed by atoms with E-state index in [0.717, 1.165) is 18.4 Å². The van der Waals surface area contributed by atoms with Gasteiger partial charge < -0.3 is 5.11 Å². The molecule has 0 amide bonds. The molecular weight excluding hydrogens is 200 g/mol. The Morgan fingerprint density at radius 2 is 2.06 bits per heavy atom. The van der Waals surface area contributed by atoms with E-state index in [9.17, 15) is 5.11 Å². The normalized spacial score (nSPS) is 34.1. The molecule has 1 heterocycles. The van der Waals surface area contributed by atoms with Crippen molar-refractivity contribution in [1.82, 2.24) is 4.90 Å². The molecule has 1 aliphatic heterocycles. The van der Waals surface area contributed by atoms with E-state index >= 15 is 0 Å². The molecule has 0 bridgehead atoms. The van der Waals surface area contributed by atoms with Gasteiger partial charge in [0.05, 0.1) is 12.5 Å². The van der Waals surface area contributed by atoms with Crippen LogP contribution in [0.25, 0.3) is 0 Å². The third-order valence-corrected chi connectivity index (χ3v) is 4.23. The van der Waals surface area contributed by atoms with Crippen molar-refractivity contribution in [3.63, 3.8) is 0 Å². The van der Waals surface area contributed by atoms with Crippen LogP contribution in [0.1, 0.15) is 39.0 Å². The Morgan fingerprint density at radius 1 is 1.38 bits per heavy atom. The summed E-state index contributed by atoms with van der Waals surface area (Å²) in [4.78, 5) is 2.31. The van der Waals surface area contributed by atoms with Gasteiger partial charge in [0.1, 0.15) is 5.60 Å². The van der Waals surface area contributed by atoms with Crippen molar-refractivity contribution in [2.75, 3.05) is 19.6 Å². The first-order chi connectivity index (χ1) is 7.63. The minimum Gasteiger partial charge on any atom is -0.386 e. The molecule has 0 spiro atoms. The molecule has 1 aliphatic carbocycles. The predicted octanol–water partition coefficient (Wildman–Crippen LogP) is 1.77. The molecule has 2 fully saturated rings. The number of β-amino-alcohol motifs (C(OH)–C–C–N with tert-alkyl or cyclic N) is 1. The number of likely N-dealkylation sites (tertiary alicyclic amines) is 1. The summed E-state index contributed by atoms with van der Waals surface area (Å²) in [6, 6.07) is 2.07. The van der Waals surface area contributed by atoms with Crippen molar-refractivity contribution in [3.8, 4) is 6.07 Å². The van der Waals surface area contributed by atoms with Gasteiger partial charge in [-0.2, -0.15) is 5.26 Å². The zero-order valence-electron chi connectivity index (χ0n) is 10.2. The van der Waals surface area contributed by atoms with Crippen LogP contribution in [0.4, 0.5) is 0 Å². The fourth-order valence-corrected chi connectivity index (χ4v) is 3.17. The largest absolute Gasteiger partial charge is 0.386 e. The molecule has 3 nitrogen and oxygen atoms in total. The standard InChI is InChI=1S/C13H22N2O/c1-11-4-2-3-5-12(11)8-15-9-13(16,10-15)6-7-14/h11-12,16H,2-6,8-10H2,1H3/t11-,12+/m0/s1. The minimum absolute atomic E-state index is 0.281. The highest BCUT2D eigenvalue weighted by atomic mass is 16.3. The van der Waals surface area contributed by atoms with E-state index in [1.807, 2.05) is 0 Å². The fraction of sp³-hybridized carbons (Fsp3) is 0.923. The van der Waals surface area contributed by atoms with Crippen molar-refractivity contribution in [2.45, 2.75) is 44.6 Å². The van der Waals surface area contributed by atoms with Crippen molar-refractivity contribution < 1.29 is 5.11 Å². The summed E-state index contributed by atoms with van der Waals surface area (Å²) in [6.45, 7) is 4.87. The smallest absolute Gasteiger partial charge is 0.103 e. The van der Waals surface area contributed by atoms with Gasteiger partial charge in [0.2, 0.25) is 0 Å². The van der Waals surface area contributed by atoms with Crippen molar-refractivity contribution in [2.24, 2.45) is 11.8 Å². The Labute approximate surface area is 98.1 Å². The van der Waals surface area contributed by atoms with Crippen LogP contribution in [0.15, 0.2) is 0 Å². The Morgan fingerprint density at radius 3 is 2.69 bits per heavy atom. The summed E-state index contributed by atoms with van der Waals surface area (Å²) in [7, 11) is 0. The number of hydrogen-bond acceptors (Lipinski definition) is 3. The van der Waals surface area contributed by atoms with Gasteiger partial charge in [-0.15, -0.1) is 0 Å². The predicted molar refractivity (Wildman–Crippen MR) is 62.7 cm³/mol. The van der Waals surface area contributed by atoms with E-state index in [2.05, 4.69) is 17.9 Å². The average molecular weight is 222 g/mol. The topological polar surface area (TPSA) is 47.3 Å². The monoisotopic (exact) mass is 222 g/mol. The van der Waals surface area contributed by atoms with Crippen LogP contribution >= 0.6 is 0 Å². The number of aliphatic hydroxyl groups is 1. The van der Waals surface area contributed by atoms with Gasteiger partial charge in [0.25, 0.3) is 0 Å². The number of nitrogens with zero attached hydrogens (tertiary/aromatic N) is 2. The van der Waals surface area contributed by atoms with E-state index in [4.69, 9.17) is 5.26 Å². The molecule has 0 aromatic heterocycles. The Balaban J connectivity index is 1.74.